The first-order chi connectivity index (χ1) is 13.1. The van der Waals surface area contributed by atoms with Crippen molar-refractivity contribution in [1.29, 1.82) is 0 Å². The van der Waals surface area contributed by atoms with Gasteiger partial charge in [-0.15, -0.1) is 0 Å². The van der Waals surface area contributed by atoms with Gasteiger partial charge in [0.15, 0.2) is 0 Å². The Morgan fingerprint density at radius 3 is 2.29 bits per heavy atom. The number of amides is 1. The summed E-state index contributed by atoms with van der Waals surface area (Å²) in [5.41, 5.74) is -0.0594. The first kappa shape index (κ1) is 20.9. The smallest absolute Gasteiger partial charge is 0.372 e. The lowest BCUT2D eigenvalue weighted by Crippen LogP contribution is -2.57. The van der Waals surface area contributed by atoms with Gasteiger partial charge in [0.25, 0.3) is 0 Å². The number of carbonyl (C=O) groups excluding carboxylic acids is 1. The molecule has 0 spiro atoms. The Morgan fingerprint density at radius 2 is 1.71 bits per heavy atom. The molecule has 0 aromatic heterocycles. The fraction of sp³-hybridized carbons (Fsp3) is 0.650. The number of anilines is 1. The molecule has 0 bridgehead atoms. The number of hydrogen-bond acceptors (Lipinski definition) is 4. The quantitative estimate of drug-likeness (QED) is 0.783. The van der Waals surface area contributed by atoms with Gasteiger partial charge in [-0.05, 0) is 39.0 Å². The maximum atomic E-state index is 12.9. The summed E-state index contributed by atoms with van der Waals surface area (Å²) >= 11 is 0. The molecule has 3 rings (SSSR count). The zero-order valence-corrected chi connectivity index (χ0v) is 16.6. The monoisotopic (exact) mass is 399 g/mol. The van der Waals surface area contributed by atoms with Gasteiger partial charge in [-0.2, -0.15) is 13.2 Å². The third-order valence-corrected chi connectivity index (χ3v) is 5.49. The maximum absolute atomic E-state index is 12.9. The van der Waals surface area contributed by atoms with Crippen LogP contribution >= 0.6 is 0 Å². The molecule has 2 fully saturated rings. The van der Waals surface area contributed by atoms with Gasteiger partial charge >= 0.3 is 6.18 Å². The average molecular weight is 399 g/mol. The third kappa shape index (κ3) is 4.78. The highest BCUT2D eigenvalue weighted by molar-refractivity contribution is 5.81. The zero-order valence-electron chi connectivity index (χ0n) is 16.6. The predicted octanol–water partition coefficient (Wildman–Crippen LogP) is 2.85. The van der Waals surface area contributed by atoms with Crippen molar-refractivity contribution in [3.63, 3.8) is 0 Å². The van der Waals surface area contributed by atoms with E-state index < -0.39 is 11.7 Å². The van der Waals surface area contributed by atoms with Crippen LogP contribution in [0.15, 0.2) is 24.3 Å². The molecule has 8 heteroatoms. The number of morpholine rings is 1. The van der Waals surface area contributed by atoms with Crippen molar-refractivity contribution in [3.8, 4) is 0 Å². The summed E-state index contributed by atoms with van der Waals surface area (Å²) in [6.45, 7) is 9.49. The van der Waals surface area contributed by atoms with Crippen molar-refractivity contribution in [2.75, 3.05) is 44.2 Å². The minimum atomic E-state index is -4.34. The number of ether oxygens (including phenoxy) is 1. The predicted molar refractivity (Wildman–Crippen MR) is 101 cm³/mol. The van der Waals surface area contributed by atoms with Gasteiger partial charge < -0.3 is 14.5 Å². The van der Waals surface area contributed by atoms with E-state index in [2.05, 4.69) is 4.90 Å². The van der Waals surface area contributed by atoms with E-state index in [4.69, 9.17) is 4.74 Å². The number of rotatable bonds is 3. The Bertz CT molecular complexity index is 680. The minimum Gasteiger partial charge on any atom is -0.372 e. The first-order valence-corrected chi connectivity index (χ1v) is 9.75. The molecular weight excluding hydrogens is 371 g/mol. The Morgan fingerprint density at radius 1 is 1.11 bits per heavy atom. The van der Waals surface area contributed by atoms with Crippen molar-refractivity contribution in [2.24, 2.45) is 0 Å². The Balaban J connectivity index is 1.58. The molecule has 156 valence electrons. The fourth-order valence-electron chi connectivity index (χ4n) is 4.02. The van der Waals surface area contributed by atoms with Gasteiger partial charge in [0.2, 0.25) is 5.91 Å². The largest absolute Gasteiger partial charge is 0.416 e. The van der Waals surface area contributed by atoms with Crippen LogP contribution in [-0.4, -0.2) is 73.2 Å². The van der Waals surface area contributed by atoms with Crippen LogP contribution in [0, 0.1) is 0 Å². The highest BCUT2D eigenvalue weighted by atomic mass is 19.4. The van der Waals surface area contributed by atoms with Gasteiger partial charge in [0.05, 0.1) is 23.8 Å². The van der Waals surface area contributed by atoms with Crippen LogP contribution < -0.4 is 4.90 Å². The van der Waals surface area contributed by atoms with Crippen molar-refractivity contribution in [3.05, 3.63) is 29.8 Å². The molecule has 0 aliphatic carbocycles. The first-order valence-electron chi connectivity index (χ1n) is 9.75. The van der Waals surface area contributed by atoms with E-state index in [-0.39, 0.29) is 24.2 Å². The number of alkyl halides is 3. The number of piperazine rings is 1. The minimum absolute atomic E-state index is 0.0256. The molecule has 0 N–H and O–H groups in total. The highest BCUT2D eigenvalue weighted by Gasteiger charge is 2.34. The summed E-state index contributed by atoms with van der Waals surface area (Å²) in [6, 6.07) is 5.18. The van der Waals surface area contributed by atoms with Crippen LogP contribution in [0.1, 0.15) is 26.3 Å². The van der Waals surface area contributed by atoms with E-state index in [1.54, 1.807) is 6.07 Å². The molecule has 3 atom stereocenters. The lowest BCUT2D eigenvalue weighted by atomic mass is 10.1. The summed E-state index contributed by atoms with van der Waals surface area (Å²) in [4.78, 5) is 18.8. The second-order valence-corrected chi connectivity index (χ2v) is 7.75. The van der Waals surface area contributed by atoms with Crippen LogP contribution in [-0.2, 0) is 15.7 Å². The van der Waals surface area contributed by atoms with Crippen molar-refractivity contribution in [2.45, 2.75) is 45.2 Å². The Labute approximate surface area is 164 Å². The summed E-state index contributed by atoms with van der Waals surface area (Å²) in [7, 11) is 0. The molecule has 0 saturated carbocycles. The Kier molecular flexibility index (Phi) is 6.19. The van der Waals surface area contributed by atoms with Crippen LogP contribution in [0.4, 0.5) is 18.9 Å². The van der Waals surface area contributed by atoms with Crippen molar-refractivity contribution < 1.29 is 22.7 Å². The van der Waals surface area contributed by atoms with Gasteiger partial charge in [0.1, 0.15) is 0 Å². The van der Waals surface area contributed by atoms with E-state index in [9.17, 15) is 18.0 Å². The molecule has 2 aliphatic rings. The lowest BCUT2D eigenvalue weighted by Gasteiger charge is -2.42. The molecule has 0 unspecified atom stereocenters. The second-order valence-electron chi connectivity index (χ2n) is 7.75. The van der Waals surface area contributed by atoms with E-state index >= 15 is 0 Å². The molecule has 1 aromatic rings. The summed E-state index contributed by atoms with van der Waals surface area (Å²) < 4.78 is 44.5. The van der Waals surface area contributed by atoms with Gasteiger partial charge in [-0.1, -0.05) is 6.07 Å². The number of benzene rings is 1. The second kappa shape index (κ2) is 8.29. The molecule has 2 heterocycles. The molecule has 1 amide bonds. The average Bonchev–Trinajstić information content (AvgIpc) is 2.65. The van der Waals surface area contributed by atoms with Crippen LogP contribution in [0.2, 0.25) is 0 Å². The van der Waals surface area contributed by atoms with Crippen LogP contribution in [0.3, 0.4) is 0 Å². The van der Waals surface area contributed by atoms with Gasteiger partial charge in [-0.25, -0.2) is 0 Å². The summed E-state index contributed by atoms with van der Waals surface area (Å²) in [5.74, 6) is 0.0921. The number of carbonyl (C=O) groups is 1. The molecular formula is C20H28F3N3O2. The Hall–Kier alpha value is -1.80. The van der Waals surface area contributed by atoms with E-state index in [1.807, 2.05) is 30.6 Å². The number of nitrogens with zero attached hydrogens (tertiary/aromatic N) is 3. The number of halogens is 3. The molecule has 0 radical (unpaired) electrons. The van der Waals surface area contributed by atoms with Gasteiger partial charge in [-0.3, -0.25) is 9.69 Å². The lowest BCUT2D eigenvalue weighted by molar-refractivity contribution is -0.148. The topological polar surface area (TPSA) is 36.0 Å². The van der Waals surface area contributed by atoms with E-state index in [1.165, 1.54) is 12.1 Å². The number of hydrogen-bond donors (Lipinski definition) is 0. The van der Waals surface area contributed by atoms with Crippen molar-refractivity contribution >= 4 is 11.6 Å². The highest BCUT2D eigenvalue weighted by Crippen LogP contribution is 2.32. The zero-order chi connectivity index (χ0) is 20.5. The third-order valence-electron chi connectivity index (χ3n) is 5.49. The molecule has 2 aliphatic heterocycles. The molecule has 28 heavy (non-hydrogen) atoms. The molecule has 1 aromatic carbocycles. The summed E-state index contributed by atoms with van der Waals surface area (Å²) in [6.07, 6.45) is -4.29. The molecule has 5 nitrogen and oxygen atoms in total. The normalized spacial score (nSPS) is 25.6. The van der Waals surface area contributed by atoms with Gasteiger partial charge in [0, 0.05) is 45.0 Å². The van der Waals surface area contributed by atoms with E-state index in [0.717, 1.165) is 6.07 Å². The maximum Gasteiger partial charge on any atom is 0.416 e. The van der Waals surface area contributed by atoms with Crippen LogP contribution in [0.25, 0.3) is 0 Å². The van der Waals surface area contributed by atoms with Crippen LogP contribution in [0.5, 0.6) is 0 Å². The fourth-order valence-corrected chi connectivity index (χ4v) is 4.02. The molecule has 2 saturated heterocycles. The standard InChI is InChI=1S/C20H28F3N3O2/c1-14-12-26(13-15(2)28-14)19(27)16(3)24-7-9-25(10-8-24)18-6-4-5-17(11-18)20(21,22)23/h4-6,11,14-16H,7-10,12-13H2,1-3H3/t14-,15-,16-/m1/s1. The van der Waals surface area contributed by atoms with Crippen molar-refractivity contribution in [1.82, 2.24) is 9.80 Å². The summed E-state index contributed by atoms with van der Waals surface area (Å²) in [5, 5.41) is 0. The van der Waals surface area contributed by atoms with E-state index in [0.29, 0.717) is 45.0 Å². The SMILES string of the molecule is C[C@@H]1CN(C(=O)[C@@H](C)N2CCN(c3cccc(C(F)(F)F)c3)CC2)C[C@@H](C)O1.